The summed E-state index contributed by atoms with van der Waals surface area (Å²) in [5.74, 6) is 1.46. The molecular weight excluding hydrogens is 482 g/mol. The summed E-state index contributed by atoms with van der Waals surface area (Å²) in [6.45, 7) is 1.12. The molecule has 0 aliphatic carbocycles. The highest BCUT2D eigenvalue weighted by Gasteiger charge is 2.39. The standard InChI is InChI=1S/C26H35N3O4S2/c1-32-26(31)22(12-14-35-2)28-25(30)23-15-20(16-29(23)13-6-9-19(27)17-34)33-24-11-5-8-18-7-3-4-10-21(18)24/h3-11,19-20,22-23,34H,12-17,27H2,1-2H3,(H,28,30)/b9-6+/t19?,20-,22-,23-/m0/s1. The van der Waals surface area contributed by atoms with Crippen molar-refractivity contribution >= 4 is 47.0 Å². The van der Waals surface area contributed by atoms with E-state index in [1.807, 2.05) is 48.7 Å². The van der Waals surface area contributed by atoms with Gasteiger partial charge in [0.15, 0.2) is 0 Å². The van der Waals surface area contributed by atoms with Crippen LogP contribution >= 0.6 is 24.4 Å². The maximum absolute atomic E-state index is 13.3. The lowest BCUT2D eigenvalue weighted by Gasteiger charge is -2.24. The molecule has 0 radical (unpaired) electrons. The number of thiol groups is 1. The van der Waals surface area contributed by atoms with Gasteiger partial charge in [-0.2, -0.15) is 24.4 Å². The molecule has 0 aromatic heterocycles. The van der Waals surface area contributed by atoms with Crippen molar-refractivity contribution in [2.45, 2.75) is 37.1 Å². The molecule has 1 unspecified atom stereocenters. The zero-order chi connectivity index (χ0) is 25.2. The Balaban J connectivity index is 1.76. The number of carbonyl (C=O) groups excluding carboxylic acids is 2. The number of hydrogen-bond donors (Lipinski definition) is 3. The second-order valence-electron chi connectivity index (χ2n) is 8.56. The predicted octanol–water partition coefficient (Wildman–Crippen LogP) is 2.89. The van der Waals surface area contributed by atoms with Crippen LogP contribution in [0.25, 0.3) is 10.8 Å². The fraction of sp³-hybridized carbons (Fsp3) is 0.462. The van der Waals surface area contributed by atoms with Crippen LogP contribution in [0, 0.1) is 0 Å². The van der Waals surface area contributed by atoms with E-state index in [4.69, 9.17) is 15.2 Å². The molecule has 190 valence electrons. The van der Waals surface area contributed by atoms with Crippen molar-refractivity contribution < 1.29 is 19.1 Å². The zero-order valence-electron chi connectivity index (χ0n) is 20.3. The van der Waals surface area contributed by atoms with Crippen LogP contribution in [0.1, 0.15) is 12.8 Å². The van der Waals surface area contributed by atoms with E-state index >= 15 is 0 Å². The Morgan fingerprint density at radius 3 is 2.80 bits per heavy atom. The fourth-order valence-electron chi connectivity index (χ4n) is 4.23. The van der Waals surface area contributed by atoms with Gasteiger partial charge in [0.05, 0.1) is 13.2 Å². The van der Waals surface area contributed by atoms with Crippen molar-refractivity contribution in [1.29, 1.82) is 0 Å². The molecule has 1 amide bonds. The summed E-state index contributed by atoms with van der Waals surface area (Å²) in [6, 6.07) is 12.8. The summed E-state index contributed by atoms with van der Waals surface area (Å²) in [5, 5.41) is 5.06. The Kier molecular flexibility index (Phi) is 10.8. The van der Waals surface area contributed by atoms with Gasteiger partial charge in [0.2, 0.25) is 5.91 Å². The zero-order valence-corrected chi connectivity index (χ0v) is 22.0. The molecular formula is C26H35N3O4S2. The second kappa shape index (κ2) is 13.8. The predicted molar refractivity (Wildman–Crippen MR) is 146 cm³/mol. The van der Waals surface area contributed by atoms with Gasteiger partial charge < -0.3 is 20.5 Å². The molecule has 7 nitrogen and oxygen atoms in total. The highest BCUT2D eigenvalue weighted by Crippen LogP contribution is 2.29. The quantitative estimate of drug-likeness (QED) is 0.226. The maximum atomic E-state index is 13.3. The molecule has 9 heteroatoms. The minimum absolute atomic E-state index is 0.147. The smallest absolute Gasteiger partial charge is 0.328 e. The first kappa shape index (κ1) is 27.4. The van der Waals surface area contributed by atoms with E-state index in [0.29, 0.717) is 31.7 Å². The van der Waals surface area contributed by atoms with Crippen molar-refractivity contribution in [2.75, 3.05) is 38.0 Å². The molecule has 1 aliphatic heterocycles. The van der Waals surface area contributed by atoms with Crippen LogP contribution in [0.5, 0.6) is 5.75 Å². The first-order valence-corrected chi connectivity index (χ1v) is 13.8. The van der Waals surface area contributed by atoms with E-state index in [1.165, 1.54) is 7.11 Å². The average molecular weight is 518 g/mol. The van der Waals surface area contributed by atoms with E-state index in [1.54, 1.807) is 11.8 Å². The molecule has 1 aliphatic rings. The van der Waals surface area contributed by atoms with Crippen molar-refractivity contribution in [3.8, 4) is 5.75 Å². The van der Waals surface area contributed by atoms with E-state index < -0.39 is 18.1 Å². The summed E-state index contributed by atoms with van der Waals surface area (Å²) in [5.41, 5.74) is 5.96. The van der Waals surface area contributed by atoms with Crippen LogP contribution in [-0.4, -0.2) is 79.0 Å². The van der Waals surface area contributed by atoms with Crippen LogP contribution in [0.15, 0.2) is 54.6 Å². The lowest BCUT2D eigenvalue weighted by atomic mass is 10.1. The minimum atomic E-state index is -0.673. The number of nitrogens with two attached hydrogens (primary N) is 1. The number of esters is 1. The second-order valence-corrected chi connectivity index (χ2v) is 9.91. The Morgan fingerprint density at radius 2 is 2.06 bits per heavy atom. The lowest BCUT2D eigenvalue weighted by Crippen LogP contribution is -2.50. The number of hydrogen-bond acceptors (Lipinski definition) is 8. The van der Waals surface area contributed by atoms with Crippen LogP contribution in [0.4, 0.5) is 0 Å². The SMILES string of the molecule is COC(=O)[C@H](CCSC)NC(=O)[C@@H]1C[C@H](Oc2cccc3ccccc23)CN1C/C=C/C(N)CS. The van der Waals surface area contributed by atoms with Gasteiger partial charge in [-0.25, -0.2) is 4.79 Å². The highest BCUT2D eigenvalue weighted by atomic mass is 32.2. The normalized spacial score (nSPS) is 20.1. The van der Waals surface area contributed by atoms with Crippen LogP contribution < -0.4 is 15.8 Å². The number of amides is 1. The van der Waals surface area contributed by atoms with Gasteiger partial charge in [-0.1, -0.05) is 48.6 Å². The first-order chi connectivity index (χ1) is 17.0. The van der Waals surface area contributed by atoms with Gasteiger partial charge in [0.1, 0.15) is 17.9 Å². The van der Waals surface area contributed by atoms with E-state index in [-0.39, 0.29) is 18.1 Å². The molecule has 1 fully saturated rings. The fourth-order valence-corrected chi connectivity index (χ4v) is 4.82. The number of ether oxygens (including phenoxy) is 2. The number of methoxy groups -OCH3 is 1. The van der Waals surface area contributed by atoms with E-state index in [2.05, 4.69) is 35.0 Å². The third-order valence-electron chi connectivity index (χ3n) is 6.06. The summed E-state index contributed by atoms with van der Waals surface area (Å²) < 4.78 is 11.3. The Bertz CT molecular complexity index is 1010. The molecule has 3 rings (SSSR count). The summed E-state index contributed by atoms with van der Waals surface area (Å²) in [6.07, 6.45) is 6.68. The molecule has 1 saturated heterocycles. The third-order valence-corrected chi connectivity index (χ3v) is 7.12. The topological polar surface area (TPSA) is 93.9 Å². The largest absolute Gasteiger partial charge is 0.488 e. The van der Waals surface area contributed by atoms with Crippen molar-refractivity contribution in [2.24, 2.45) is 5.73 Å². The minimum Gasteiger partial charge on any atom is -0.488 e. The van der Waals surface area contributed by atoms with Crippen molar-refractivity contribution in [3.05, 3.63) is 54.6 Å². The van der Waals surface area contributed by atoms with Gasteiger partial charge in [-0.15, -0.1) is 0 Å². The summed E-state index contributed by atoms with van der Waals surface area (Å²) in [4.78, 5) is 27.6. The van der Waals surface area contributed by atoms with Crippen LogP contribution in [-0.2, 0) is 14.3 Å². The summed E-state index contributed by atoms with van der Waals surface area (Å²) >= 11 is 5.84. The summed E-state index contributed by atoms with van der Waals surface area (Å²) in [7, 11) is 1.34. The Labute approximate surface area is 217 Å². The van der Waals surface area contributed by atoms with Crippen LogP contribution in [0.2, 0.25) is 0 Å². The number of carbonyl (C=O) groups is 2. The number of benzene rings is 2. The van der Waals surface area contributed by atoms with Gasteiger partial charge >= 0.3 is 5.97 Å². The van der Waals surface area contributed by atoms with E-state index in [9.17, 15) is 9.59 Å². The molecule has 35 heavy (non-hydrogen) atoms. The van der Waals surface area contributed by atoms with Crippen LogP contribution in [0.3, 0.4) is 0 Å². The average Bonchev–Trinajstić information content (AvgIpc) is 3.28. The lowest BCUT2D eigenvalue weighted by molar-refractivity contribution is -0.145. The Morgan fingerprint density at radius 1 is 1.29 bits per heavy atom. The van der Waals surface area contributed by atoms with Crippen molar-refractivity contribution in [3.63, 3.8) is 0 Å². The number of rotatable bonds is 12. The molecule has 1 heterocycles. The molecule has 0 spiro atoms. The molecule has 4 atom stereocenters. The third kappa shape index (κ3) is 7.64. The van der Waals surface area contributed by atoms with Gasteiger partial charge in [-0.05, 0) is 29.9 Å². The highest BCUT2D eigenvalue weighted by molar-refractivity contribution is 7.98. The first-order valence-electron chi connectivity index (χ1n) is 11.8. The van der Waals surface area contributed by atoms with Gasteiger partial charge in [-0.3, -0.25) is 9.69 Å². The monoisotopic (exact) mass is 517 g/mol. The van der Waals surface area contributed by atoms with Gasteiger partial charge in [0.25, 0.3) is 0 Å². The Hall–Kier alpha value is -2.20. The number of thioether (sulfide) groups is 1. The number of likely N-dealkylation sites (tertiary alicyclic amines) is 1. The molecule has 3 N–H and O–H groups in total. The number of nitrogens with zero attached hydrogens (tertiary/aromatic N) is 1. The van der Waals surface area contributed by atoms with Gasteiger partial charge in [0, 0.05) is 36.7 Å². The molecule has 0 saturated carbocycles. The number of nitrogens with one attached hydrogen (secondary N) is 1. The maximum Gasteiger partial charge on any atom is 0.328 e. The molecule has 0 bridgehead atoms. The molecule has 2 aromatic rings. The van der Waals surface area contributed by atoms with Crippen molar-refractivity contribution in [1.82, 2.24) is 10.2 Å². The number of fused-ring (bicyclic) bond motifs is 1. The van der Waals surface area contributed by atoms with E-state index in [0.717, 1.165) is 22.3 Å². The molecule has 2 aromatic carbocycles.